The molecule has 0 bridgehead atoms. The Balaban J connectivity index is 1.42. The monoisotopic (exact) mass is 333 g/mol. The van der Waals surface area contributed by atoms with Crippen LogP contribution in [-0.4, -0.2) is 71.3 Å². The lowest BCUT2D eigenvalue weighted by Gasteiger charge is -2.41. The van der Waals surface area contributed by atoms with Crippen LogP contribution in [0.15, 0.2) is 12.4 Å². The number of nitrogens with one attached hydrogen (secondary N) is 1. The summed E-state index contributed by atoms with van der Waals surface area (Å²) in [4.78, 5) is 17.5. The van der Waals surface area contributed by atoms with Gasteiger partial charge in [0.05, 0.1) is 12.1 Å². The minimum absolute atomic E-state index is 0.160. The minimum Gasteiger partial charge on any atom is -0.355 e. The van der Waals surface area contributed by atoms with Crippen molar-refractivity contribution < 1.29 is 4.79 Å². The van der Waals surface area contributed by atoms with Crippen molar-refractivity contribution in [1.29, 1.82) is 0 Å². The van der Waals surface area contributed by atoms with E-state index in [-0.39, 0.29) is 11.8 Å². The normalized spacial score (nSPS) is 24.2. The van der Waals surface area contributed by atoms with Crippen LogP contribution in [-0.2, 0) is 18.3 Å². The lowest BCUT2D eigenvalue weighted by molar-refractivity contribution is -0.127. The molecule has 0 aromatic carbocycles. The molecule has 1 aromatic rings. The van der Waals surface area contributed by atoms with Crippen LogP contribution in [0.3, 0.4) is 0 Å². The zero-order chi connectivity index (χ0) is 16.9. The summed E-state index contributed by atoms with van der Waals surface area (Å²) in [5.41, 5.74) is 1.18. The number of rotatable bonds is 5. The van der Waals surface area contributed by atoms with E-state index in [1.807, 2.05) is 19.4 Å². The molecule has 1 N–H and O–H groups in total. The molecule has 134 valence electrons. The Morgan fingerprint density at radius 3 is 2.75 bits per heavy atom. The fourth-order valence-electron chi connectivity index (χ4n) is 3.99. The highest BCUT2D eigenvalue weighted by Gasteiger charge is 2.30. The maximum absolute atomic E-state index is 12.5. The molecule has 24 heavy (non-hydrogen) atoms. The molecule has 6 nitrogen and oxygen atoms in total. The van der Waals surface area contributed by atoms with Gasteiger partial charge in [0, 0.05) is 32.4 Å². The van der Waals surface area contributed by atoms with E-state index < -0.39 is 0 Å². The fourth-order valence-corrected chi connectivity index (χ4v) is 3.99. The number of aryl methyl sites for hydroxylation is 1. The van der Waals surface area contributed by atoms with Gasteiger partial charge in [-0.3, -0.25) is 14.4 Å². The predicted octanol–water partition coefficient (Wildman–Crippen LogP) is 0.885. The maximum Gasteiger partial charge on any atom is 0.224 e. The first-order valence-corrected chi connectivity index (χ1v) is 9.29. The van der Waals surface area contributed by atoms with E-state index in [2.05, 4.69) is 27.3 Å². The Kier molecular flexibility index (Phi) is 5.89. The molecular weight excluding hydrogens is 302 g/mol. The van der Waals surface area contributed by atoms with Crippen molar-refractivity contribution in [2.45, 2.75) is 38.1 Å². The molecule has 2 aliphatic rings. The van der Waals surface area contributed by atoms with Crippen LogP contribution in [0.1, 0.15) is 31.2 Å². The van der Waals surface area contributed by atoms with Crippen LogP contribution in [0.2, 0.25) is 0 Å². The number of amides is 1. The van der Waals surface area contributed by atoms with Crippen LogP contribution in [0.25, 0.3) is 0 Å². The molecule has 3 rings (SSSR count). The lowest BCUT2D eigenvalue weighted by Crippen LogP contribution is -2.50. The second-order valence-corrected chi connectivity index (χ2v) is 7.43. The second kappa shape index (κ2) is 8.12. The number of carbonyl (C=O) groups is 1. The third-order valence-corrected chi connectivity index (χ3v) is 5.50. The average Bonchev–Trinajstić information content (AvgIpc) is 3.01. The Bertz CT molecular complexity index is 535. The summed E-state index contributed by atoms with van der Waals surface area (Å²) in [6.45, 7) is 5.17. The van der Waals surface area contributed by atoms with E-state index in [1.54, 1.807) is 4.68 Å². The predicted molar refractivity (Wildman–Crippen MR) is 94.7 cm³/mol. The number of nitrogens with zero attached hydrogens (tertiary/aromatic N) is 4. The lowest BCUT2D eigenvalue weighted by atomic mass is 9.93. The summed E-state index contributed by atoms with van der Waals surface area (Å²) in [6.07, 6.45) is 9.39. The third kappa shape index (κ3) is 4.57. The standard InChI is InChI=1S/C18H31N5O/c1-21-10-6-17(7-11-21)23-9-3-4-16(14-23)18(24)19-8-5-15-12-20-22(2)13-15/h12-13,16-17H,3-11,14H2,1-2H3,(H,19,24). The topological polar surface area (TPSA) is 53.4 Å². The van der Waals surface area contributed by atoms with Crippen molar-refractivity contribution in [2.24, 2.45) is 13.0 Å². The Hall–Kier alpha value is -1.40. The van der Waals surface area contributed by atoms with Crippen molar-refractivity contribution in [2.75, 3.05) is 39.8 Å². The number of piperidine rings is 2. The van der Waals surface area contributed by atoms with E-state index in [0.29, 0.717) is 12.6 Å². The second-order valence-electron chi connectivity index (χ2n) is 7.43. The van der Waals surface area contributed by atoms with Gasteiger partial charge in [-0.2, -0.15) is 5.10 Å². The Morgan fingerprint density at radius 2 is 2.04 bits per heavy atom. The first-order valence-electron chi connectivity index (χ1n) is 9.29. The van der Waals surface area contributed by atoms with Crippen LogP contribution >= 0.6 is 0 Å². The van der Waals surface area contributed by atoms with Gasteiger partial charge < -0.3 is 10.2 Å². The molecule has 0 spiro atoms. The third-order valence-electron chi connectivity index (χ3n) is 5.50. The van der Waals surface area contributed by atoms with E-state index >= 15 is 0 Å². The molecule has 0 aliphatic carbocycles. The summed E-state index contributed by atoms with van der Waals surface area (Å²) >= 11 is 0. The Labute approximate surface area is 145 Å². The highest BCUT2D eigenvalue weighted by atomic mass is 16.1. The quantitative estimate of drug-likeness (QED) is 0.869. The fraction of sp³-hybridized carbons (Fsp3) is 0.778. The van der Waals surface area contributed by atoms with Crippen molar-refractivity contribution >= 4 is 5.91 Å². The van der Waals surface area contributed by atoms with Crippen molar-refractivity contribution in [3.05, 3.63) is 18.0 Å². The van der Waals surface area contributed by atoms with Gasteiger partial charge in [-0.15, -0.1) is 0 Å². The van der Waals surface area contributed by atoms with Gasteiger partial charge in [0.1, 0.15) is 0 Å². The number of hydrogen-bond donors (Lipinski definition) is 1. The van der Waals surface area contributed by atoms with E-state index in [1.165, 1.54) is 31.5 Å². The molecule has 0 radical (unpaired) electrons. The van der Waals surface area contributed by atoms with Gasteiger partial charge in [-0.05, 0) is 64.3 Å². The van der Waals surface area contributed by atoms with Gasteiger partial charge >= 0.3 is 0 Å². The molecule has 1 amide bonds. The zero-order valence-electron chi connectivity index (χ0n) is 15.1. The minimum atomic E-state index is 0.160. The van der Waals surface area contributed by atoms with Crippen LogP contribution in [0.4, 0.5) is 0 Å². The van der Waals surface area contributed by atoms with E-state index in [4.69, 9.17) is 0 Å². The molecule has 0 saturated carbocycles. The molecule has 2 saturated heterocycles. The number of likely N-dealkylation sites (tertiary alicyclic amines) is 2. The van der Waals surface area contributed by atoms with Gasteiger partial charge in [-0.25, -0.2) is 0 Å². The number of carbonyl (C=O) groups excluding carboxylic acids is 1. The van der Waals surface area contributed by atoms with Gasteiger partial charge in [-0.1, -0.05) is 0 Å². The first kappa shape index (κ1) is 17.4. The summed E-state index contributed by atoms with van der Waals surface area (Å²) in [5, 5.41) is 7.29. The average molecular weight is 333 g/mol. The van der Waals surface area contributed by atoms with Crippen LogP contribution < -0.4 is 5.32 Å². The molecule has 6 heteroatoms. The molecule has 1 aromatic heterocycles. The smallest absolute Gasteiger partial charge is 0.224 e. The number of aromatic nitrogens is 2. The highest BCUT2D eigenvalue weighted by molar-refractivity contribution is 5.78. The van der Waals surface area contributed by atoms with E-state index in [0.717, 1.165) is 32.4 Å². The molecule has 1 atom stereocenters. The Morgan fingerprint density at radius 1 is 1.25 bits per heavy atom. The van der Waals surface area contributed by atoms with E-state index in [9.17, 15) is 4.79 Å². The van der Waals surface area contributed by atoms with Crippen LogP contribution in [0.5, 0.6) is 0 Å². The zero-order valence-corrected chi connectivity index (χ0v) is 15.1. The summed E-state index contributed by atoms with van der Waals surface area (Å²) in [5.74, 6) is 0.392. The van der Waals surface area contributed by atoms with Crippen molar-refractivity contribution in [3.8, 4) is 0 Å². The van der Waals surface area contributed by atoms with Gasteiger partial charge in [0.15, 0.2) is 0 Å². The van der Waals surface area contributed by atoms with Crippen molar-refractivity contribution in [1.82, 2.24) is 24.9 Å². The molecule has 2 fully saturated rings. The first-order chi connectivity index (χ1) is 11.6. The summed E-state index contributed by atoms with van der Waals surface area (Å²) < 4.78 is 1.80. The largest absolute Gasteiger partial charge is 0.355 e. The number of hydrogen-bond acceptors (Lipinski definition) is 4. The summed E-state index contributed by atoms with van der Waals surface area (Å²) in [6, 6.07) is 0.673. The van der Waals surface area contributed by atoms with Crippen molar-refractivity contribution in [3.63, 3.8) is 0 Å². The van der Waals surface area contributed by atoms with Crippen LogP contribution in [0, 0.1) is 5.92 Å². The molecular formula is C18H31N5O. The van der Waals surface area contributed by atoms with Gasteiger partial charge in [0.25, 0.3) is 0 Å². The SMILES string of the molecule is CN1CCC(N2CCCC(C(=O)NCCc3cnn(C)c3)C2)CC1. The van der Waals surface area contributed by atoms with Gasteiger partial charge in [0.2, 0.25) is 5.91 Å². The molecule has 1 unspecified atom stereocenters. The molecule has 3 heterocycles. The summed E-state index contributed by atoms with van der Waals surface area (Å²) in [7, 11) is 4.12. The maximum atomic E-state index is 12.5. The molecule has 2 aliphatic heterocycles. The highest BCUT2D eigenvalue weighted by Crippen LogP contribution is 2.23.